The van der Waals surface area contributed by atoms with E-state index in [0.717, 1.165) is 43.3 Å². The molecule has 2 N–H and O–H groups in total. The van der Waals surface area contributed by atoms with Gasteiger partial charge >= 0.3 is 0 Å². The van der Waals surface area contributed by atoms with Crippen molar-refractivity contribution in [1.82, 2.24) is 20.3 Å². The van der Waals surface area contributed by atoms with Crippen LogP contribution in [0.4, 0.5) is 5.82 Å². The third kappa shape index (κ3) is 3.98. The number of piperidine rings is 1. The Kier molecular flexibility index (Phi) is 4.66. The molecule has 2 fully saturated rings. The Labute approximate surface area is 149 Å². The highest BCUT2D eigenvalue weighted by molar-refractivity contribution is 5.41. The first-order chi connectivity index (χ1) is 12.2. The quantitative estimate of drug-likeness (QED) is 0.874. The highest BCUT2D eigenvalue weighted by atomic mass is 15.1. The van der Waals surface area contributed by atoms with E-state index in [-0.39, 0.29) is 6.04 Å². The van der Waals surface area contributed by atoms with Gasteiger partial charge < -0.3 is 10.6 Å². The average Bonchev–Trinajstić information content (AvgIpc) is 3.45. The van der Waals surface area contributed by atoms with E-state index in [2.05, 4.69) is 45.7 Å². The lowest BCUT2D eigenvalue weighted by Gasteiger charge is -2.24. The van der Waals surface area contributed by atoms with Crippen molar-refractivity contribution in [2.24, 2.45) is 5.92 Å². The first-order valence-corrected chi connectivity index (χ1v) is 9.44. The van der Waals surface area contributed by atoms with Gasteiger partial charge in [-0.3, -0.25) is 4.98 Å². The second kappa shape index (κ2) is 7.08. The number of aryl methyl sites for hydroxylation is 2. The third-order valence-corrected chi connectivity index (χ3v) is 5.27. The highest BCUT2D eigenvalue weighted by Crippen LogP contribution is 2.42. The van der Waals surface area contributed by atoms with Gasteiger partial charge in [-0.25, -0.2) is 9.97 Å². The molecule has 5 heteroatoms. The second-order valence-electron chi connectivity index (χ2n) is 7.47. The molecule has 2 aliphatic rings. The first-order valence-electron chi connectivity index (χ1n) is 9.44. The Balaban J connectivity index is 1.58. The van der Waals surface area contributed by atoms with E-state index in [1.165, 1.54) is 24.1 Å². The molecule has 1 aliphatic carbocycles. The van der Waals surface area contributed by atoms with Crippen molar-refractivity contribution in [3.63, 3.8) is 0 Å². The molecule has 0 bridgehead atoms. The number of nitrogens with one attached hydrogen (secondary N) is 2. The van der Waals surface area contributed by atoms with Crippen molar-refractivity contribution in [3.05, 3.63) is 47.2 Å². The van der Waals surface area contributed by atoms with Gasteiger partial charge in [0.25, 0.3) is 0 Å². The van der Waals surface area contributed by atoms with Crippen LogP contribution in [0.5, 0.6) is 0 Å². The van der Waals surface area contributed by atoms with E-state index in [9.17, 15) is 0 Å². The smallest absolute Gasteiger partial charge is 0.130 e. The van der Waals surface area contributed by atoms with E-state index in [4.69, 9.17) is 4.98 Å². The predicted molar refractivity (Wildman–Crippen MR) is 99.7 cm³/mol. The van der Waals surface area contributed by atoms with E-state index in [0.29, 0.717) is 11.8 Å². The Morgan fingerprint density at radius 1 is 1.08 bits per heavy atom. The summed E-state index contributed by atoms with van der Waals surface area (Å²) in [4.78, 5) is 14.0. The van der Waals surface area contributed by atoms with Gasteiger partial charge in [0, 0.05) is 23.9 Å². The minimum atomic E-state index is 0.245. The molecular formula is C20H27N5. The highest BCUT2D eigenvalue weighted by Gasteiger charge is 2.33. The molecule has 5 nitrogen and oxygen atoms in total. The Morgan fingerprint density at radius 3 is 2.60 bits per heavy atom. The molecule has 0 spiro atoms. The van der Waals surface area contributed by atoms with Crippen LogP contribution < -0.4 is 10.6 Å². The number of aromatic nitrogens is 3. The summed E-state index contributed by atoms with van der Waals surface area (Å²) in [7, 11) is 0. The van der Waals surface area contributed by atoms with Crippen LogP contribution in [0.15, 0.2) is 24.4 Å². The van der Waals surface area contributed by atoms with Crippen LogP contribution in [-0.4, -0.2) is 28.0 Å². The summed E-state index contributed by atoms with van der Waals surface area (Å²) >= 11 is 0. The van der Waals surface area contributed by atoms with Crippen LogP contribution in [0.3, 0.4) is 0 Å². The Hall–Kier alpha value is -2.01. The van der Waals surface area contributed by atoms with Crippen molar-refractivity contribution in [2.75, 3.05) is 18.4 Å². The number of pyridine rings is 1. The molecule has 0 unspecified atom stereocenters. The van der Waals surface area contributed by atoms with Crippen molar-refractivity contribution in [3.8, 4) is 0 Å². The molecule has 0 radical (unpaired) electrons. The molecule has 132 valence electrons. The fourth-order valence-electron chi connectivity index (χ4n) is 3.74. The molecule has 4 rings (SSSR count). The molecule has 2 aromatic heterocycles. The van der Waals surface area contributed by atoms with Gasteiger partial charge in [-0.15, -0.1) is 0 Å². The van der Waals surface area contributed by atoms with Gasteiger partial charge in [-0.2, -0.15) is 0 Å². The monoisotopic (exact) mass is 337 g/mol. The topological polar surface area (TPSA) is 62.7 Å². The predicted octanol–water partition coefficient (Wildman–Crippen LogP) is 3.52. The number of hydrogen-bond acceptors (Lipinski definition) is 5. The van der Waals surface area contributed by atoms with Gasteiger partial charge in [0.2, 0.25) is 0 Å². The molecule has 1 atom stereocenters. The summed E-state index contributed by atoms with van der Waals surface area (Å²) < 4.78 is 0. The van der Waals surface area contributed by atoms with E-state index < -0.39 is 0 Å². The molecule has 2 aromatic rings. The van der Waals surface area contributed by atoms with Crippen LogP contribution in [0.1, 0.15) is 60.4 Å². The van der Waals surface area contributed by atoms with E-state index in [1.54, 1.807) is 0 Å². The molecule has 25 heavy (non-hydrogen) atoms. The van der Waals surface area contributed by atoms with Crippen LogP contribution in [0, 0.1) is 19.8 Å². The molecule has 1 saturated heterocycles. The summed E-state index contributed by atoms with van der Waals surface area (Å²) in [6, 6.07) is 6.65. The lowest BCUT2D eigenvalue weighted by molar-refractivity contribution is 0.452. The number of nitrogens with zero attached hydrogens (tertiary/aromatic N) is 3. The van der Waals surface area contributed by atoms with Gasteiger partial charge in [-0.1, -0.05) is 0 Å². The summed E-state index contributed by atoms with van der Waals surface area (Å²) in [5.74, 6) is 3.00. The minimum Gasteiger partial charge on any atom is -0.361 e. The van der Waals surface area contributed by atoms with Crippen LogP contribution in [0.2, 0.25) is 0 Å². The fraction of sp³-hybridized carbons (Fsp3) is 0.550. The lowest BCUT2D eigenvalue weighted by Crippen LogP contribution is -2.27. The zero-order valence-corrected chi connectivity index (χ0v) is 15.1. The first kappa shape index (κ1) is 16.5. The molecule has 0 amide bonds. The van der Waals surface area contributed by atoms with E-state index >= 15 is 0 Å². The standard InChI is InChI=1S/C20H27N5/c1-13-5-10-22-18(11-13)20(16-3-4-16)25-19-12-17(23-14(2)24-19)15-6-8-21-9-7-15/h5,10-12,15-16,20-21H,3-4,6-9H2,1-2H3,(H,23,24,25)/t20-/m1/s1. The van der Waals surface area contributed by atoms with E-state index in [1.807, 2.05) is 13.1 Å². The number of hydrogen-bond donors (Lipinski definition) is 2. The van der Waals surface area contributed by atoms with Crippen molar-refractivity contribution >= 4 is 5.82 Å². The zero-order valence-electron chi connectivity index (χ0n) is 15.1. The van der Waals surface area contributed by atoms with Crippen LogP contribution >= 0.6 is 0 Å². The summed E-state index contributed by atoms with van der Waals surface area (Å²) in [5.41, 5.74) is 3.57. The maximum atomic E-state index is 4.72. The molecular weight excluding hydrogens is 310 g/mol. The van der Waals surface area contributed by atoms with Crippen molar-refractivity contribution < 1.29 is 0 Å². The lowest BCUT2D eigenvalue weighted by atomic mass is 9.94. The maximum Gasteiger partial charge on any atom is 0.130 e. The van der Waals surface area contributed by atoms with Gasteiger partial charge in [0.05, 0.1) is 11.7 Å². The largest absolute Gasteiger partial charge is 0.361 e. The molecule has 1 saturated carbocycles. The Morgan fingerprint density at radius 2 is 1.88 bits per heavy atom. The number of rotatable bonds is 5. The van der Waals surface area contributed by atoms with Crippen LogP contribution in [-0.2, 0) is 0 Å². The maximum absolute atomic E-state index is 4.72. The fourth-order valence-corrected chi connectivity index (χ4v) is 3.74. The summed E-state index contributed by atoms with van der Waals surface area (Å²) in [6.07, 6.45) is 6.74. The molecule has 0 aromatic carbocycles. The summed E-state index contributed by atoms with van der Waals surface area (Å²) in [6.45, 7) is 6.27. The van der Waals surface area contributed by atoms with Crippen LogP contribution in [0.25, 0.3) is 0 Å². The Bertz CT molecular complexity index is 735. The second-order valence-corrected chi connectivity index (χ2v) is 7.47. The number of anilines is 1. The van der Waals surface area contributed by atoms with Crippen molar-refractivity contribution in [2.45, 2.75) is 51.5 Å². The minimum absolute atomic E-state index is 0.245. The molecule has 3 heterocycles. The molecule has 1 aliphatic heterocycles. The SMILES string of the molecule is Cc1ccnc([C@H](Nc2cc(C3CCNCC3)nc(C)n2)C2CC2)c1. The zero-order chi connectivity index (χ0) is 17.2. The summed E-state index contributed by atoms with van der Waals surface area (Å²) in [5, 5.41) is 7.10. The van der Waals surface area contributed by atoms with Gasteiger partial charge in [0.15, 0.2) is 0 Å². The van der Waals surface area contributed by atoms with Gasteiger partial charge in [-0.05, 0) is 76.2 Å². The van der Waals surface area contributed by atoms with Crippen molar-refractivity contribution in [1.29, 1.82) is 0 Å². The third-order valence-electron chi connectivity index (χ3n) is 5.27. The van der Waals surface area contributed by atoms with Gasteiger partial charge in [0.1, 0.15) is 11.6 Å². The average molecular weight is 337 g/mol. The normalized spacial score (nSPS) is 19.6.